The Labute approximate surface area is 128 Å². The zero-order valence-electron chi connectivity index (χ0n) is 11.9. The minimum absolute atomic E-state index is 0.0186. The Kier molecular flexibility index (Phi) is 3.87. The lowest BCUT2D eigenvalue weighted by atomic mass is 9.84. The van der Waals surface area contributed by atoms with Crippen molar-refractivity contribution in [3.63, 3.8) is 0 Å². The lowest BCUT2D eigenvalue weighted by Gasteiger charge is -2.23. The standard InChI is InChI=1S/C17H17BrN2/c1-17(2,3)14-8-13(9-15(18)16(14)20)12-6-4-11(10-19)5-7-12/h4-9H,20H2,1-3H3. The van der Waals surface area contributed by atoms with E-state index >= 15 is 0 Å². The number of nitrogens with two attached hydrogens (primary N) is 1. The number of anilines is 1. The Hall–Kier alpha value is -1.79. The van der Waals surface area contributed by atoms with E-state index in [0.717, 1.165) is 26.9 Å². The van der Waals surface area contributed by atoms with Gasteiger partial charge >= 0.3 is 0 Å². The van der Waals surface area contributed by atoms with Crippen LogP contribution in [0.25, 0.3) is 11.1 Å². The number of nitrogens with zero attached hydrogens (tertiary/aromatic N) is 1. The molecule has 0 aliphatic carbocycles. The summed E-state index contributed by atoms with van der Waals surface area (Å²) in [5.41, 5.74) is 10.9. The van der Waals surface area contributed by atoms with E-state index in [0.29, 0.717) is 5.56 Å². The Morgan fingerprint density at radius 2 is 1.65 bits per heavy atom. The van der Waals surface area contributed by atoms with Gasteiger partial charge in [-0.3, -0.25) is 0 Å². The average molecular weight is 329 g/mol. The van der Waals surface area contributed by atoms with Crippen molar-refractivity contribution >= 4 is 21.6 Å². The summed E-state index contributed by atoms with van der Waals surface area (Å²) in [7, 11) is 0. The van der Waals surface area contributed by atoms with Crippen LogP contribution in [0.1, 0.15) is 31.9 Å². The number of nitriles is 1. The molecule has 0 saturated carbocycles. The second-order valence-electron chi connectivity index (χ2n) is 5.86. The molecule has 102 valence electrons. The molecule has 20 heavy (non-hydrogen) atoms. The van der Waals surface area contributed by atoms with Gasteiger partial charge in [0.15, 0.2) is 0 Å². The van der Waals surface area contributed by atoms with Gasteiger partial charge in [0, 0.05) is 10.2 Å². The first-order chi connectivity index (χ1) is 9.32. The van der Waals surface area contributed by atoms with Crippen molar-refractivity contribution in [2.75, 3.05) is 5.73 Å². The Bertz CT molecular complexity index is 674. The number of benzene rings is 2. The van der Waals surface area contributed by atoms with Gasteiger partial charge in [-0.05, 0) is 62.3 Å². The Morgan fingerprint density at radius 1 is 1.05 bits per heavy atom. The lowest BCUT2D eigenvalue weighted by Crippen LogP contribution is -2.14. The van der Waals surface area contributed by atoms with Crippen LogP contribution in [0.2, 0.25) is 0 Å². The van der Waals surface area contributed by atoms with Gasteiger partial charge in [-0.1, -0.05) is 32.9 Å². The molecular weight excluding hydrogens is 312 g/mol. The first kappa shape index (κ1) is 14.6. The van der Waals surface area contributed by atoms with E-state index < -0.39 is 0 Å². The summed E-state index contributed by atoms with van der Waals surface area (Å²) < 4.78 is 0.907. The van der Waals surface area contributed by atoms with Crippen molar-refractivity contribution in [3.8, 4) is 17.2 Å². The fourth-order valence-corrected chi connectivity index (χ4v) is 2.60. The van der Waals surface area contributed by atoms with Gasteiger partial charge in [-0.2, -0.15) is 5.26 Å². The summed E-state index contributed by atoms with van der Waals surface area (Å²) >= 11 is 3.54. The monoisotopic (exact) mass is 328 g/mol. The Balaban J connectivity index is 2.58. The van der Waals surface area contributed by atoms with Crippen LogP contribution in [0.4, 0.5) is 5.69 Å². The predicted molar refractivity (Wildman–Crippen MR) is 87.4 cm³/mol. The normalized spacial score (nSPS) is 11.2. The van der Waals surface area contributed by atoms with E-state index in [1.807, 2.05) is 30.3 Å². The first-order valence-corrected chi connectivity index (χ1v) is 7.22. The maximum atomic E-state index is 8.86. The average Bonchev–Trinajstić information content (AvgIpc) is 2.40. The third-order valence-corrected chi connectivity index (χ3v) is 3.94. The highest BCUT2D eigenvalue weighted by atomic mass is 79.9. The minimum Gasteiger partial charge on any atom is -0.398 e. The van der Waals surface area contributed by atoms with Crippen LogP contribution < -0.4 is 5.73 Å². The number of hydrogen-bond acceptors (Lipinski definition) is 2. The van der Waals surface area contributed by atoms with Crippen molar-refractivity contribution in [2.24, 2.45) is 0 Å². The number of hydrogen-bond donors (Lipinski definition) is 1. The number of nitrogen functional groups attached to an aromatic ring is 1. The Morgan fingerprint density at radius 3 is 2.15 bits per heavy atom. The minimum atomic E-state index is -0.0186. The largest absolute Gasteiger partial charge is 0.398 e. The quantitative estimate of drug-likeness (QED) is 0.759. The summed E-state index contributed by atoms with van der Waals surface area (Å²) in [4.78, 5) is 0. The zero-order valence-corrected chi connectivity index (χ0v) is 13.5. The molecule has 2 N–H and O–H groups in total. The van der Waals surface area contributed by atoms with Gasteiger partial charge in [0.25, 0.3) is 0 Å². The van der Waals surface area contributed by atoms with E-state index in [2.05, 4.69) is 48.8 Å². The van der Waals surface area contributed by atoms with E-state index in [-0.39, 0.29) is 5.41 Å². The molecule has 2 aromatic rings. The van der Waals surface area contributed by atoms with Gasteiger partial charge in [0.1, 0.15) is 0 Å². The summed E-state index contributed by atoms with van der Waals surface area (Å²) in [5, 5.41) is 8.86. The third-order valence-electron chi connectivity index (χ3n) is 3.28. The highest BCUT2D eigenvalue weighted by Gasteiger charge is 2.19. The van der Waals surface area contributed by atoms with Crippen LogP contribution in [0.15, 0.2) is 40.9 Å². The molecule has 2 rings (SSSR count). The van der Waals surface area contributed by atoms with Gasteiger partial charge in [0.05, 0.1) is 11.6 Å². The van der Waals surface area contributed by atoms with Crippen LogP contribution in [-0.4, -0.2) is 0 Å². The van der Waals surface area contributed by atoms with Gasteiger partial charge in [0.2, 0.25) is 0 Å². The molecule has 0 atom stereocenters. The molecule has 2 aromatic carbocycles. The second-order valence-corrected chi connectivity index (χ2v) is 6.71. The molecule has 0 saturated heterocycles. The highest BCUT2D eigenvalue weighted by Crippen LogP contribution is 2.37. The van der Waals surface area contributed by atoms with Crippen molar-refractivity contribution in [3.05, 3.63) is 52.0 Å². The van der Waals surface area contributed by atoms with Crippen LogP contribution in [0, 0.1) is 11.3 Å². The zero-order chi connectivity index (χ0) is 14.9. The van der Waals surface area contributed by atoms with E-state index in [1.165, 1.54) is 0 Å². The topological polar surface area (TPSA) is 49.8 Å². The van der Waals surface area contributed by atoms with Crippen LogP contribution in [0.3, 0.4) is 0 Å². The molecule has 3 heteroatoms. The third kappa shape index (κ3) is 2.86. The van der Waals surface area contributed by atoms with Crippen molar-refractivity contribution < 1.29 is 0 Å². The molecule has 0 bridgehead atoms. The van der Waals surface area contributed by atoms with Gasteiger partial charge < -0.3 is 5.73 Å². The first-order valence-electron chi connectivity index (χ1n) is 6.43. The van der Waals surface area contributed by atoms with Crippen molar-refractivity contribution in [2.45, 2.75) is 26.2 Å². The van der Waals surface area contributed by atoms with Crippen molar-refractivity contribution in [1.82, 2.24) is 0 Å². The van der Waals surface area contributed by atoms with E-state index in [4.69, 9.17) is 11.0 Å². The molecule has 0 heterocycles. The molecule has 0 unspecified atom stereocenters. The van der Waals surface area contributed by atoms with Crippen molar-refractivity contribution in [1.29, 1.82) is 5.26 Å². The fraction of sp³-hybridized carbons (Fsp3) is 0.235. The number of rotatable bonds is 1. The van der Waals surface area contributed by atoms with Crippen LogP contribution in [-0.2, 0) is 5.41 Å². The van der Waals surface area contributed by atoms with Gasteiger partial charge in [-0.15, -0.1) is 0 Å². The van der Waals surface area contributed by atoms with Crippen LogP contribution >= 0.6 is 15.9 Å². The fourth-order valence-electron chi connectivity index (χ4n) is 2.14. The van der Waals surface area contributed by atoms with Crippen LogP contribution in [0.5, 0.6) is 0 Å². The predicted octanol–water partition coefficient (Wildman–Crippen LogP) is 4.87. The van der Waals surface area contributed by atoms with Gasteiger partial charge in [-0.25, -0.2) is 0 Å². The van der Waals surface area contributed by atoms with E-state index in [9.17, 15) is 0 Å². The summed E-state index contributed by atoms with van der Waals surface area (Å²) in [6, 6.07) is 13.9. The second kappa shape index (κ2) is 5.30. The molecular formula is C17H17BrN2. The van der Waals surface area contributed by atoms with E-state index in [1.54, 1.807) is 0 Å². The molecule has 2 nitrogen and oxygen atoms in total. The smallest absolute Gasteiger partial charge is 0.0991 e. The maximum absolute atomic E-state index is 8.86. The molecule has 0 amide bonds. The highest BCUT2D eigenvalue weighted by molar-refractivity contribution is 9.10. The number of halogens is 1. The molecule has 0 fully saturated rings. The molecule has 0 aromatic heterocycles. The molecule has 0 spiro atoms. The summed E-state index contributed by atoms with van der Waals surface area (Å²) in [6.45, 7) is 6.44. The SMILES string of the molecule is CC(C)(C)c1cc(-c2ccc(C#N)cc2)cc(Br)c1N. The maximum Gasteiger partial charge on any atom is 0.0991 e. The molecule has 0 aliphatic heterocycles. The molecule has 0 radical (unpaired) electrons. The summed E-state index contributed by atoms with van der Waals surface area (Å²) in [6.07, 6.45) is 0. The molecule has 0 aliphatic rings. The lowest BCUT2D eigenvalue weighted by molar-refractivity contribution is 0.592. The summed E-state index contributed by atoms with van der Waals surface area (Å²) in [5.74, 6) is 0.